The van der Waals surface area contributed by atoms with Crippen molar-refractivity contribution >= 4 is 6.47 Å². The minimum atomic E-state index is 0.159. The summed E-state index contributed by atoms with van der Waals surface area (Å²) in [4.78, 5) is 9.95. The maximum atomic E-state index is 9.95. The van der Waals surface area contributed by atoms with Gasteiger partial charge in [-0.05, 0) is 12.0 Å². The first-order valence-corrected chi connectivity index (χ1v) is 4.81. The van der Waals surface area contributed by atoms with E-state index in [1.165, 1.54) is 5.57 Å². The van der Waals surface area contributed by atoms with Gasteiger partial charge < -0.3 is 9.84 Å². The lowest BCUT2D eigenvalue weighted by Crippen LogP contribution is -2.17. The average molecular weight is 196 g/mol. The lowest BCUT2D eigenvalue weighted by Gasteiger charge is -2.25. The Bertz CT molecular complexity index is 266. The molecule has 1 aliphatic carbocycles. The SMILES string of the molecule is CC1C(O)=CC=C(CCOC=O)[C@H]1C. The molecule has 0 spiro atoms. The van der Waals surface area contributed by atoms with E-state index in [-0.39, 0.29) is 5.92 Å². The molecule has 0 aromatic heterocycles. The van der Waals surface area contributed by atoms with Crippen molar-refractivity contribution in [3.8, 4) is 0 Å². The fraction of sp³-hybridized carbons (Fsp3) is 0.545. The molecule has 0 saturated heterocycles. The van der Waals surface area contributed by atoms with Crippen molar-refractivity contribution in [1.82, 2.24) is 0 Å². The van der Waals surface area contributed by atoms with Crippen LogP contribution in [-0.4, -0.2) is 18.2 Å². The molecule has 14 heavy (non-hydrogen) atoms. The average Bonchev–Trinajstić information content (AvgIpc) is 2.18. The highest BCUT2D eigenvalue weighted by atomic mass is 16.5. The van der Waals surface area contributed by atoms with Crippen LogP contribution in [0.3, 0.4) is 0 Å². The number of aliphatic hydroxyl groups is 1. The second-order valence-electron chi connectivity index (χ2n) is 3.63. The summed E-state index contributed by atoms with van der Waals surface area (Å²) in [6.45, 7) is 4.94. The topological polar surface area (TPSA) is 46.5 Å². The molecular formula is C11H16O3. The Kier molecular flexibility index (Phi) is 3.74. The van der Waals surface area contributed by atoms with Crippen molar-refractivity contribution in [1.29, 1.82) is 0 Å². The third kappa shape index (κ3) is 2.37. The zero-order valence-corrected chi connectivity index (χ0v) is 8.56. The summed E-state index contributed by atoms with van der Waals surface area (Å²) in [6.07, 6.45) is 4.38. The molecule has 2 atom stereocenters. The highest BCUT2D eigenvalue weighted by molar-refractivity contribution is 5.37. The van der Waals surface area contributed by atoms with E-state index in [0.717, 1.165) is 6.42 Å². The molecular weight excluding hydrogens is 180 g/mol. The monoisotopic (exact) mass is 196 g/mol. The number of hydrogen-bond acceptors (Lipinski definition) is 3. The third-order valence-electron chi connectivity index (χ3n) is 2.85. The van der Waals surface area contributed by atoms with Crippen LogP contribution in [0, 0.1) is 11.8 Å². The second kappa shape index (κ2) is 4.84. The number of rotatable bonds is 4. The summed E-state index contributed by atoms with van der Waals surface area (Å²) < 4.78 is 4.64. The Morgan fingerprint density at radius 2 is 2.14 bits per heavy atom. The van der Waals surface area contributed by atoms with Gasteiger partial charge >= 0.3 is 0 Å². The summed E-state index contributed by atoms with van der Waals surface area (Å²) in [6, 6.07) is 0. The maximum absolute atomic E-state index is 9.95. The minimum absolute atomic E-state index is 0.159. The molecule has 78 valence electrons. The highest BCUT2D eigenvalue weighted by Crippen LogP contribution is 2.30. The van der Waals surface area contributed by atoms with Crippen molar-refractivity contribution < 1.29 is 14.6 Å². The molecule has 0 radical (unpaired) electrons. The van der Waals surface area contributed by atoms with Crippen molar-refractivity contribution in [2.24, 2.45) is 11.8 Å². The number of hydrogen-bond donors (Lipinski definition) is 1. The van der Waals surface area contributed by atoms with Gasteiger partial charge in [0.15, 0.2) is 0 Å². The van der Waals surface area contributed by atoms with Crippen molar-refractivity contribution in [2.75, 3.05) is 6.61 Å². The summed E-state index contributed by atoms with van der Waals surface area (Å²) >= 11 is 0. The zero-order valence-electron chi connectivity index (χ0n) is 8.56. The third-order valence-corrected chi connectivity index (χ3v) is 2.85. The molecule has 0 aromatic carbocycles. The lowest BCUT2D eigenvalue weighted by molar-refractivity contribution is -0.128. The summed E-state index contributed by atoms with van der Waals surface area (Å²) in [5.74, 6) is 0.902. The van der Waals surface area contributed by atoms with Crippen LogP contribution in [0.5, 0.6) is 0 Å². The van der Waals surface area contributed by atoms with Crippen LogP contribution in [0.2, 0.25) is 0 Å². The minimum Gasteiger partial charge on any atom is -0.512 e. The molecule has 1 rings (SSSR count). The first-order valence-electron chi connectivity index (χ1n) is 4.81. The van der Waals surface area contributed by atoms with Crippen LogP contribution >= 0.6 is 0 Å². The summed E-state index contributed by atoms with van der Waals surface area (Å²) in [7, 11) is 0. The van der Waals surface area contributed by atoms with E-state index in [2.05, 4.69) is 11.7 Å². The standard InChI is InChI=1S/C11H16O3/c1-8-9(2)11(13)4-3-10(8)5-6-14-7-12/h3-4,7-9,13H,5-6H2,1-2H3/t8-,9?/m0/s1. The Balaban J connectivity index is 2.56. The molecule has 1 N–H and O–H groups in total. The summed E-state index contributed by atoms with van der Waals surface area (Å²) in [5.41, 5.74) is 1.22. The van der Waals surface area contributed by atoms with E-state index in [0.29, 0.717) is 24.8 Å². The fourth-order valence-corrected chi connectivity index (χ4v) is 1.61. The van der Waals surface area contributed by atoms with Gasteiger partial charge in [-0.3, -0.25) is 4.79 Å². The maximum Gasteiger partial charge on any atom is 0.293 e. The van der Waals surface area contributed by atoms with Gasteiger partial charge in [-0.2, -0.15) is 0 Å². The van der Waals surface area contributed by atoms with Crippen LogP contribution in [0.15, 0.2) is 23.5 Å². The molecule has 0 bridgehead atoms. The number of carbonyl (C=O) groups is 1. The van der Waals surface area contributed by atoms with E-state index in [1.54, 1.807) is 6.08 Å². The quantitative estimate of drug-likeness (QED) is 0.554. The molecule has 3 nitrogen and oxygen atoms in total. The van der Waals surface area contributed by atoms with Gasteiger partial charge in [-0.25, -0.2) is 0 Å². The normalized spacial score (nSPS) is 26.4. The number of aliphatic hydroxyl groups excluding tert-OH is 1. The largest absolute Gasteiger partial charge is 0.512 e. The second-order valence-corrected chi connectivity index (χ2v) is 3.63. The van der Waals surface area contributed by atoms with E-state index in [4.69, 9.17) is 0 Å². The van der Waals surface area contributed by atoms with Gasteiger partial charge in [-0.1, -0.05) is 25.5 Å². The van der Waals surface area contributed by atoms with Crippen LogP contribution in [0.4, 0.5) is 0 Å². The number of allylic oxidation sites excluding steroid dienone is 3. The summed E-state index contributed by atoms with van der Waals surface area (Å²) in [5, 5.41) is 9.47. The van der Waals surface area contributed by atoms with Gasteiger partial charge in [0, 0.05) is 12.3 Å². The number of ether oxygens (including phenoxy) is 1. The Hall–Kier alpha value is -1.25. The molecule has 0 aliphatic heterocycles. The molecule has 0 aromatic rings. The van der Waals surface area contributed by atoms with Crippen molar-refractivity contribution in [3.63, 3.8) is 0 Å². The van der Waals surface area contributed by atoms with Gasteiger partial charge in [0.25, 0.3) is 6.47 Å². The van der Waals surface area contributed by atoms with Gasteiger partial charge in [0.05, 0.1) is 12.4 Å². The molecule has 0 fully saturated rings. The van der Waals surface area contributed by atoms with Crippen LogP contribution in [-0.2, 0) is 9.53 Å². The smallest absolute Gasteiger partial charge is 0.293 e. The number of carbonyl (C=O) groups excluding carboxylic acids is 1. The molecule has 0 amide bonds. The van der Waals surface area contributed by atoms with E-state index in [9.17, 15) is 9.90 Å². The van der Waals surface area contributed by atoms with E-state index >= 15 is 0 Å². The van der Waals surface area contributed by atoms with Crippen molar-refractivity contribution in [2.45, 2.75) is 20.3 Å². The van der Waals surface area contributed by atoms with E-state index in [1.807, 2.05) is 13.0 Å². The zero-order chi connectivity index (χ0) is 10.6. The molecule has 0 heterocycles. The van der Waals surface area contributed by atoms with Crippen molar-refractivity contribution in [3.05, 3.63) is 23.5 Å². The molecule has 0 saturated carbocycles. The predicted molar refractivity (Wildman–Crippen MR) is 53.8 cm³/mol. The Labute approximate surface area is 84.1 Å². The molecule has 1 unspecified atom stereocenters. The van der Waals surface area contributed by atoms with Crippen LogP contribution < -0.4 is 0 Å². The predicted octanol–water partition coefficient (Wildman–Crippen LogP) is 2.20. The van der Waals surface area contributed by atoms with Crippen LogP contribution in [0.25, 0.3) is 0 Å². The first kappa shape index (κ1) is 10.8. The molecule has 3 heteroatoms. The fourth-order valence-electron chi connectivity index (χ4n) is 1.61. The molecule has 1 aliphatic rings. The van der Waals surface area contributed by atoms with Gasteiger partial charge in [-0.15, -0.1) is 0 Å². The highest BCUT2D eigenvalue weighted by Gasteiger charge is 2.22. The van der Waals surface area contributed by atoms with Gasteiger partial charge in [0.2, 0.25) is 0 Å². The van der Waals surface area contributed by atoms with Crippen LogP contribution in [0.1, 0.15) is 20.3 Å². The Morgan fingerprint density at radius 1 is 1.43 bits per heavy atom. The lowest BCUT2D eigenvalue weighted by atomic mass is 9.82. The van der Waals surface area contributed by atoms with E-state index < -0.39 is 0 Å². The van der Waals surface area contributed by atoms with Gasteiger partial charge in [0.1, 0.15) is 0 Å². The Morgan fingerprint density at radius 3 is 2.79 bits per heavy atom. The first-order chi connectivity index (χ1) is 6.66.